The van der Waals surface area contributed by atoms with Crippen molar-refractivity contribution in [3.8, 4) is 0 Å². The summed E-state index contributed by atoms with van der Waals surface area (Å²) in [5.41, 5.74) is 6.07. The molecule has 0 radical (unpaired) electrons. The minimum Gasteiger partial charge on any atom is -0.379 e. The fourth-order valence-electron chi connectivity index (χ4n) is 1.09. The molecule has 0 aliphatic carbocycles. The number of hydrogen-bond acceptors (Lipinski definition) is 5. The van der Waals surface area contributed by atoms with Gasteiger partial charge in [-0.3, -0.25) is 4.98 Å². The van der Waals surface area contributed by atoms with Crippen molar-refractivity contribution in [3.63, 3.8) is 0 Å². The maximum Gasteiger partial charge on any atom is 0.375 e. The minimum absolute atomic E-state index is 0.0653. The number of thiophene rings is 1. The van der Waals surface area contributed by atoms with Crippen LogP contribution in [0.1, 0.15) is 15.4 Å². The van der Waals surface area contributed by atoms with E-state index in [1.807, 2.05) is 0 Å². The van der Waals surface area contributed by atoms with Gasteiger partial charge in [0.15, 0.2) is 5.84 Å². The lowest BCUT2D eigenvalue weighted by Crippen LogP contribution is -2.16. The summed E-state index contributed by atoms with van der Waals surface area (Å²) in [7, 11) is 0. The Kier molecular flexibility index (Phi) is 3.46. The van der Waals surface area contributed by atoms with Crippen molar-refractivity contribution in [1.29, 1.82) is 0 Å². The molecular weight excluding hydrogens is 238 g/mol. The number of nitrogens with two attached hydrogens (primary N) is 1. The van der Waals surface area contributed by atoms with Crippen molar-refractivity contribution in [2.45, 2.75) is 0 Å². The van der Waals surface area contributed by atoms with Gasteiger partial charge in [0.25, 0.3) is 0 Å². The lowest BCUT2D eigenvalue weighted by Gasteiger charge is -1.98. The summed E-state index contributed by atoms with van der Waals surface area (Å²) in [6, 6.07) is 8.62. The number of carbonyl (C=O) groups excluding carboxylic acids is 1. The first kappa shape index (κ1) is 11.3. The Balaban J connectivity index is 2.04. The Hall–Kier alpha value is -2.21. The van der Waals surface area contributed by atoms with Crippen LogP contribution in [0.5, 0.6) is 0 Å². The molecule has 2 aromatic rings. The highest BCUT2D eigenvalue weighted by Gasteiger charge is 2.08. The van der Waals surface area contributed by atoms with Crippen LogP contribution in [0, 0.1) is 0 Å². The van der Waals surface area contributed by atoms with E-state index >= 15 is 0 Å². The number of nitrogens with zero attached hydrogens (tertiary/aromatic N) is 2. The summed E-state index contributed by atoms with van der Waals surface area (Å²) in [6.07, 6.45) is 1.58. The molecule has 2 aromatic heterocycles. The first-order valence-electron chi connectivity index (χ1n) is 4.77. The van der Waals surface area contributed by atoms with E-state index in [1.165, 1.54) is 11.3 Å². The first-order chi connectivity index (χ1) is 8.27. The van der Waals surface area contributed by atoms with Crippen LogP contribution in [0.3, 0.4) is 0 Å². The number of amidine groups is 1. The standard InChI is InChI=1S/C11H9N3O2S/c12-10(8-4-1-2-6-13-8)14-16-11(15)9-5-3-7-17-9/h1-7H,(H2,12,14). The van der Waals surface area contributed by atoms with Gasteiger partial charge in [-0.15, -0.1) is 11.3 Å². The number of oxime groups is 1. The van der Waals surface area contributed by atoms with Gasteiger partial charge in [0.05, 0.1) is 0 Å². The predicted octanol–water partition coefficient (Wildman–Crippen LogP) is 1.62. The van der Waals surface area contributed by atoms with Crippen LogP contribution in [-0.2, 0) is 4.84 Å². The number of pyridine rings is 1. The Morgan fingerprint density at radius 3 is 2.88 bits per heavy atom. The van der Waals surface area contributed by atoms with Gasteiger partial charge in [0.2, 0.25) is 0 Å². The highest BCUT2D eigenvalue weighted by molar-refractivity contribution is 7.11. The van der Waals surface area contributed by atoms with Crippen molar-refractivity contribution in [2.24, 2.45) is 10.9 Å². The zero-order chi connectivity index (χ0) is 12.1. The molecule has 0 amide bonds. The van der Waals surface area contributed by atoms with Gasteiger partial charge in [-0.1, -0.05) is 17.3 Å². The summed E-state index contributed by atoms with van der Waals surface area (Å²) in [5.74, 6) is -0.464. The molecule has 5 nitrogen and oxygen atoms in total. The van der Waals surface area contributed by atoms with Gasteiger partial charge >= 0.3 is 5.97 Å². The minimum atomic E-state index is -0.529. The lowest BCUT2D eigenvalue weighted by atomic mass is 10.3. The first-order valence-corrected chi connectivity index (χ1v) is 5.65. The average molecular weight is 247 g/mol. The zero-order valence-electron chi connectivity index (χ0n) is 8.74. The Morgan fingerprint density at radius 1 is 1.35 bits per heavy atom. The SMILES string of the molecule is N/C(=N/OC(=O)c1cccs1)c1ccccn1. The molecule has 0 bridgehead atoms. The molecule has 0 unspecified atom stereocenters. The van der Waals surface area contributed by atoms with Crippen molar-refractivity contribution in [3.05, 3.63) is 52.5 Å². The summed E-state index contributed by atoms with van der Waals surface area (Å²) in [5, 5.41) is 5.32. The molecule has 0 spiro atoms. The molecule has 0 fully saturated rings. The molecule has 6 heteroatoms. The summed E-state index contributed by atoms with van der Waals surface area (Å²) >= 11 is 1.28. The fraction of sp³-hybridized carbons (Fsp3) is 0. The van der Waals surface area contributed by atoms with Crippen LogP contribution in [0.25, 0.3) is 0 Å². The van der Waals surface area contributed by atoms with Gasteiger partial charge < -0.3 is 10.6 Å². The predicted molar refractivity (Wildman–Crippen MR) is 64.7 cm³/mol. The Bertz CT molecular complexity index is 523. The van der Waals surface area contributed by atoms with Crippen LogP contribution >= 0.6 is 11.3 Å². The van der Waals surface area contributed by atoms with Crippen LogP contribution in [-0.4, -0.2) is 16.8 Å². The molecule has 0 aliphatic heterocycles. The topological polar surface area (TPSA) is 77.6 Å². The summed E-state index contributed by atoms with van der Waals surface area (Å²) in [6.45, 7) is 0. The number of aromatic nitrogens is 1. The third-order valence-electron chi connectivity index (χ3n) is 1.88. The van der Waals surface area contributed by atoms with Crippen LogP contribution in [0.15, 0.2) is 47.1 Å². The Labute approximate surface area is 102 Å². The summed E-state index contributed by atoms with van der Waals surface area (Å²) < 4.78 is 0. The second-order valence-corrected chi connectivity index (χ2v) is 4.00. The molecule has 86 valence electrons. The molecule has 0 aromatic carbocycles. The maximum atomic E-state index is 11.4. The summed E-state index contributed by atoms with van der Waals surface area (Å²) in [4.78, 5) is 20.6. The molecule has 2 heterocycles. The Morgan fingerprint density at radius 2 is 2.24 bits per heavy atom. The molecule has 2 rings (SSSR count). The van der Waals surface area contributed by atoms with Gasteiger partial charge in [-0.05, 0) is 23.6 Å². The van der Waals surface area contributed by atoms with E-state index in [0.29, 0.717) is 10.6 Å². The van der Waals surface area contributed by atoms with Gasteiger partial charge in [0, 0.05) is 6.20 Å². The maximum absolute atomic E-state index is 11.4. The fourth-order valence-corrected chi connectivity index (χ4v) is 1.69. The molecule has 0 aliphatic rings. The highest BCUT2D eigenvalue weighted by Crippen LogP contribution is 2.10. The van der Waals surface area contributed by atoms with Gasteiger partial charge in [0.1, 0.15) is 10.6 Å². The molecule has 17 heavy (non-hydrogen) atoms. The van der Waals surface area contributed by atoms with Crippen molar-refractivity contribution in [1.82, 2.24) is 4.98 Å². The van der Waals surface area contributed by atoms with E-state index < -0.39 is 5.97 Å². The second-order valence-electron chi connectivity index (χ2n) is 3.05. The van der Waals surface area contributed by atoms with Crippen LogP contribution in [0.4, 0.5) is 0 Å². The molecule has 0 saturated carbocycles. The number of rotatable bonds is 3. The molecular formula is C11H9N3O2S. The second kappa shape index (κ2) is 5.22. The molecule has 0 atom stereocenters. The monoisotopic (exact) mass is 247 g/mol. The molecule has 2 N–H and O–H groups in total. The molecule has 0 saturated heterocycles. The van der Waals surface area contributed by atoms with Crippen LogP contribution < -0.4 is 5.73 Å². The highest BCUT2D eigenvalue weighted by atomic mass is 32.1. The van der Waals surface area contributed by atoms with E-state index in [1.54, 1.807) is 41.9 Å². The van der Waals surface area contributed by atoms with Crippen molar-refractivity contribution >= 4 is 23.1 Å². The van der Waals surface area contributed by atoms with E-state index in [4.69, 9.17) is 10.6 Å². The van der Waals surface area contributed by atoms with Gasteiger partial charge in [-0.25, -0.2) is 4.79 Å². The number of carbonyl (C=O) groups is 1. The van der Waals surface area contributed by atoms with E-state index in [2.05, 4.69) is 10.1 Å². The number of hydrogen-bond donors (Lipinski definition) is 1. The quantitative estimate of drug-likeness (QED) is 0.387. The van der Waals surface area contributed by atoms with Crippen LogP contribution in [0.2, 0.25) is 0 Å². The smallest absolute Gasteiger partial charge is 0.375 e. The third-order valence-corrected chi connectivity index (χ3v) is 2.73. The van der Waals surface area contributed by atoms with Gasteiger partial charge in [-0.2, -0.15) is 0 Å². The lowest BCUT2D eigenvalue weighted by molar-refractivity contribution is 0.0522. The van der Waals surface area contributed by atoms with E-state index in [-0.39, 0.29) is 5.84 Å². The largest absolute Gasteiger partial charge is 0.379 e. The average Bonchev–Trinajstić information content (AvgIpc) is 2.90. The van der Waals surface area contributed by atoms with E-state index in [9.17, 15) is 4.79 Å². The normalized spacial score (nSPS) is 11.2. The van der Waals surface area contributed by atoms with Crippen molar-refractivity contribution in [2.75, 3.05) is 0 Å². The third kappa shape index (κ3) is 2.88. The zero-order valence-corrected chi connectivity index (χ0v) is 9.55. The van der Waals surface area contributed by atoms with Crippen molar-refractivity contribution < 1.29 is 9.63 Å². The van der Waals surface area contributed by atoms with E-state index in [0.717, 1.165) is 0 Å².